The summed E-state index contributed by atoms with van der Waals surface area (Å²) in [5.74, 6) is -0.116. The van der Waals surface area contributed by atoms with E-state index >= 15 is 0 Å². The first kappa shape index (κ1) is 21.3. The van der Waals surface area contributed by atoms with Crippen LogP contribution in [0.4, 0.5) is 0 Å². The summed E-state index contributed by atoms with van der Waals surface area (Å²) in [6.07, 6.45) is 0.118. The van der Waals surface area contributed by atoms with Gasteiger partial charge in [0.1, 0.15) is 5.69 Å². The van der Waals surface area contributed by atoms with Gasteiger partial charge >= 0.3 is 0 Å². The van der Waals surface area contributed by atoms with E-state index in [0.717, 1.165) is 28.1 Å². The molecule has 0 unspecified atom stereocenters. The molecule has 0 saturated heterocycles. The highest BCUT2D eigenvalue weighted by Crippen LogP contribution is 2.26. The molecule has 1 heterocycles. The van der Waals surface area contributed by atoms with Crippen molar-refractivity contribution in [3.8, 4) is 16.9 Å². The first-order chi connectivity index (χ1) is 16.8. The van der Waals surface area contributed by atoms with Gasteiger partial charge in [-0.15, -0.1) is 5.10 Å². The van der Waals surface area contributed by atoms with E-state index in [0.29, 0.717) is 5.69 Å². The van der Waals surface area contributed by atoms with Crippen LogP contribution in [0, 0.1) is 0 Å². The molecule has 1 aromatic heterocycles. The molecule has 0 aliphatic carbocycles. The summed E-state index contributed by atoms with van der Waals surface area (Å²) in [5, 5.41) is 12.0. The Labute approximate surface area is 198 Å². The van der Waals surface area contributed by atoms with E-state index in [4.69, 9.17) is 0 Å². The van der Waals surface area contributed by atoms with Gasteiger partial charge in [0, 0.05) is 5.56 Å². The largest absolute Gasteiger partial charge is 0.345 e. The molecule has 0 bridgehead atoms. The number of nitrogens with one attached hydrogen (secondary N) is 1. The minimum atomic E-state index is -0.251. The number of amides is 1. The van der Waals surface area contributed by atoms with Crippen LogP contribution in [0.2, 0.25) is 0 Å². The second kappa shape index (κ2) is 9.96. The molecule has 0 saturated carbocycles. The van der Waals surface area contributed by atoms with Crippen LogP contribution in [-0.4, -0.2) is 20.9 Å². The summed E-state index contributed by atoms with van der Waals surface area (Å²) in [6, 6.07) is 39.5. The van der Waals surface area contributed by atoms with Crippen molar-refractivity contribution in [2.75, 3.05) is 0 Å². The highest BCUT2D eigenvalue weighted by molar-refractivity contribution is 5.81. The summed E-state index contributed by atoms with van der Waals surface area (Å²) in [7, 11) is 0. The molecule has 0 aliphatic heterocycles. The molecule has 5 heteroatoms. The van der Waals surface area contributed by atoms with E-state index in [1.807, 2.05) is 121 Å². The van der Waals surface area contributed by atoms with Crippen LogP contribution in [-0.2, 0) is 11.2 Å². The third-order valence-electron chi connectivity index (χ3n) is 5.69. The third kappa shape index (κ3) is 4.64. The predicted octanol–water partition coefficient (Wildman–Crippen LogP) is 5.38. The zero-order valence-corrected chi connectivity index (χ0v) is 18.6. The van der Waals surface area contributed by atoms with Gasteiger partial charge in [0.2, 0.25) is 5.91 Å². The van der Waals surface area contributed by atoms with Crippen LogP contribution < -0.4 is 5.32 Å². The average molecular weight is 445 g/mol. The number of benzene rings is 4. The summed E-state index contributed by atoms with van der Waals surface area (Å²) in [4.78, 5) is 13.3. The Morgan fingerprint density at radius 3 is 1.76 bits per heavy atom. The SMILES string of the molecule is O=C(Cc1nnn(-c2ccccc2)c1-c1ccccc1)NC(c1ccccc1)c1ccccc1. The monoisotopic (exact) mass is 444 g/mol. The zero-order chi connectivity index (χ0) is 23.2. The number of nitrogens with zero attached hydrogens (tertiary/aromatic N) is 3. The lowest BCUT2D eigenvalue weighted by atomic mass is 9.98. The third-order valence-corrected chi connectivity index (χ3v) is 5.69. The lowest BCUT2D eigenvalue weighted by molar-refractivity contribution is -0.121. The number of hydrogen-bond donors (Lipinski definition) is 1. The van der Waals surface area contributed by atoms with Gasteiger partial charge in [-0.1, -0.05) is 114 Å². The molecule has 0 radical (unpaired) electrons. The molecule has 34 heavy (non-hydrogen) atoms. The number of para-hydroxylation sites is 1. The number of aromatic nitrogens is 3. The predicted molar refractivity (Wildman–Crippen MR) is 133 cm³/mol. The molecule has 1 N–H and O–H groups in total. The van der Waals surface area contributed by atoms with Crippen molar-refractivity contribution >= 4 is 5.91 Å². The molecule has 5 rings (SSSR count). The number of rotatable bonds is 7. The van der Waals surface area contributed by atoms with E-state index in [9.17, 15) is 4.79 Å². The standard InChI is InChI=1S/C29H24N4O/c34-27(30-28(22-13-5-1-6-14-22)23-15-7-2-8-16-23)21-26-29(24-17-9-3-10-18-24)33(32-31-26)25-19-11-4-12-20-25/h1-20,28H,21H2,(H,30,34). The van der Waals surface area contributed by atoms with Crippen LogP contribution in [0.15, 0.2) is 121 Å². The van der Waals surface area contributed by atoms with Crippen LogP contribution in [0.25, 0.3) is 16.9 Å². The van der Waals surface area contributed by atoms with Crippen molar-refractivity contribution in [2.24, 2.45) is 0 Å². The molecule has 0 fully saturated rings. The van der Waals surface area contributed by atoms with Gasteiger partial charge in [0.25, 0.3) is 0 Å². The van der Waals surface area contributed by atoms with Gasteiger partial charge < -0.3 is 5.32 Å². The Morgan fingerprint density at radius 1 is 0.706 bits per heavy atom. The molecule has 0 spiro atoms. The minimum absolute atomic E-state index is 0.116. The highest BCUT2D eigenvalue weighted by Gasteiger charge is 2.21. The summed E-state index contributed by atoms with van der Waals surface area (Å²) in [5.41, 5.74) is 5.36. The van der Waals surface area contributed by atoms with Gasteiger partial charge in [-0.3, -0.25) is 4.79 Å². The Hall–Kier alpha value is -4.51. The maximum Gasteiger partial charge on any atom is 0.226 e. The maximum atomic E-state index is 13.3. The van der Waals surface area contributed by atoms with E-state index < -0.39 is 0 Å². The Morgan fingerprint density at radius 2 is 1.21 bits per heavy atom. The molecule has 1 amide bonds. The van der Waals surface area contributed by atoms with Crippen molar-refractivity contribution in [2.45, 2.75) is 12.5 Å². The summed E-state index contributed by atoms with van der Waals surface area (Å²) < 4.78 is 1.80. The molecule has 4 aromatic carbocycles. The fraction of sp³-hybridized carbons (Fsp3) is 0.0690. The van der Waals surface area contributed by atoms with Crippen molar-refractivity contribution in [1.29, 1.82) is 0 Å². The van der Waals surface area contributed by atoms with Gasteiger partial charge in [0.15, 0.2) is 0 Å². The topological polar surface area (TPSA) is 59.8 Å². The molecule has 0 atom stereocenters. The Bertz CT molecular complexity index is 1310. The molecular weight excluding hydrogens is 420 g/mol. The van der Waals surface area contributed by atoms with Crippen LogP contribution in [0.5, 0.6) is 0 Å². The lowest BCUT2D eigenvalue weighted by Gasteiger charge is -2.20. The fourth-order valence-electron chi connectivity index (χ4n) is 4.08. The maximum absolute atomic E-state index is 13.3. The average Bonchev–Trinajstić information content (AvgIpc) is 3.32. The number of carbonyl (C=O) groups is 1. The molecule has 166 valence electrons. The van der Waals surface area contributed by atoms with Gasteiger partial charge in [-0.25, -0.2) is 4.68 Å². The fourth-order valence-corrected chi connectivity index (χ4v) is 4.08. The second-order valence-corrected chi connectivity index (χ2v) is 8.00. The smallest absolute Gasteiger partial charge is 0.226 e. The van der Waals surface area contributed by atoms with Crippen molar-refractivity contribution in [1.82, 2.24) is 20.3 Å². The van der Waals surface area contributed by atoms with E-state index in [2.05, 4.69) is 15.6 Å². The van der Waals surface area contributed by atoms with Crippen molar-refractivity contribution < 1.29 is 4.79 Å². The van der Waals surface area contributed by atoms with Crippen LogP contribution in [0.1, 0.15) is 22.9 Å². The van der Waals surface area contributed by atoms with Crippen LogP contribution in [0.3, 0.4) is 0 Å². The Balaban J connectivity index is 1.47. The van der Waals surface area contributed by atoms with Gasteiger partial charge in [-0.2, -0.15) is 0 Å². The van der Waals surface area contributed by atoms with Crippen LogP contribution >= 0.6 is 0 Å². The first-order valence-corrected chi connectivity index (χ1v) is 11.2. The second-order valence-electron chi connectivity index (χ2n) is 8.00. The van der Waals surface area contributed by atoms with Gasteiger partial charge in [0.05, 0.1) is 23.8 Å². The zero-order valence-electron chi connectivity index (χ0n) is 18.6. The molecular formula is C29H24N4O. The van der Waals surface area contributed by atoms with Crippen molar-refractivity contribution in [3.63, 3.8) is 0 Å². The first-order valence-electron chi connectivity index (χ1n) is 11.2. The van der Waals surface area contributed by atoms with E-state index in [1.165, 1.54) is 0 Å². The van der Waals surface area contributed by atoms with E-state index in [1.54, 1.807) is 4.68 Å². The van der Waals surface area contributed by atoms with Gasteiger partial charge in [-0.05, 0) is 23.3 Å². The van der Waals surface area contributed by atoms with E-state index in [-0.39, 0.29) is 18.4 Å². The number of hydrogen-bond acceptors (Lipinski definition) is 3. The minimum Gasteiger partial charge on any atom is -0.345 e. The quantitative estimate of drug-likeness (QED) is 0.367. The normalized spacial score (nSPS) is 10.9. The number of carbonyl (C=O) groups excluding carboxylic acids is 1. The summed E-state index contributed by atoms with van der Waals surface area (Å²) >= 11 is 0. The Kier molecular flexibility index (Phi) is 6.25. The summed E-state index contributed by atoms with van der Waals surface area (Å²) in [6.45, 7) is 0. The highest BCUT2D eigenvalue weighted by atomic mass is 16.1. The molecule has 5 nitrogen and oxygen atoms in total. The van der Waals surface area contributed by atoms with Crippen molar-refractivity contribution in [3.05, 3.63) is 138 Å². The lowest BCUT2D eigenvalue weighted by Crippen LogP contribution is -2.30. The molecule has 0 aliphatic rings. The molecule has 5 aromatic rings.